The fraction of sp³-hybridized carbons (Fsp3) is 0.486. The Hall–Kier alpha value is -3.19. The Balaban J connectivity index is 1.03. The van der Waals surface area contributed by atoms with Crippen LogP contribution in [0.25, 0.3) is 0 Å². The van der Waals surface area contributed by atoms with Gasteiger partial charge >= 0.3 is 0 Å². The van der Waals surface area contributed by atoms with Gasteiger partial charge in [0, 0.05) is 80.5 Å². The quantitative estimate of drug-likeness (QED) is 0.359. The minimum absolute atomic E-state index is 0.366. The predicted octanol–water partition coefficient (Wildman–Crippen LogP) is 5.94. The van der Waals surface area contributed by atoms with Crippen molar-refractivity contribution in [2.75, 3.05) is 50.8 Å². The molecule has 1 unspecified atom stereocenters. The lowest BCUT2D eigenvalue weighted by molar-refractivity contribution is -0.0647. The molecule has 4 fully saturated rings. The van der Waals surface area contributed by atoms with E-state index in [0.717, 1.165) is 58.9 Å². The minimum Gasteiger partial charge on any atom is -0.381 e. The van der Waals surface area contributed by atoms with Crippen molar-refractivity contribution in [1.29, 1.82) is 0 Å². The molecule has 2 N–H and O–H groups in total. The van der Waals surface area contributed by atoms with Gasteiger partial charge < -0.3 is 15.4 Å². The number of rotatable bonds is 8. The average Bonchev–Trinajstić information content (AvgIpc) is 3.52. The molecule has 3 saturated heterocycles. The molecule has 0 radical (unpaired) electrons. The largest absolute Gasteiger partial charge is 0.381 e. The monoisotopic (exact) mass is 578 g/mol. The van der Waals surface area contributed by atoms with E-state index in [0.29, 0.717) is 34.9 Å². The number of primary amides is 1. The molecule has 3 aromatic carbocycles. The van der Waals surface area contributed by atoms with Crippen molar-refractivity contribution in [3.63, 3.8) is 0 Å². The van der Waals surface area contributed by atoms with Crippen LogP contribution < -0.4 is 10.6 Å². The molecule has 43 heavy (non-hydrogen) atoms. The maximum Gasteiger partial charge on any atom is 0.248 e. The number of piperazine rings is 1. The van der Waals surface area contributed by atoms with Gasteiger partial charge in [-0.1, -0.05) is 62.4 Å². The molecular weight excluding hydrogens is 532 g/mol. The second-order valence-corrected chi connectivity index (χ2v) is 13.9. The average molecular weight is 579 g/mol. The van der Waals surface area contributed by atoms with Crippen LogP contribution in [-0.4, -0.2) is 67.7 Å². The molecule has 3 aromatic rings. The van der Waals surface area contributed by atoms with E-state index >= 15 is 0 Å². The van der Waals surface area contributed by atoms with Gasteiger partial charge in [-0.15, -0.1) is 0 Å². The third kappa shape index (κ3) is 5.73. The molecule has 6 nitrogen and oxygen atoms in total. The first kappa shape index (κ1) is 28.6. The SMILES string of the molecule is CC(C)c1ccccc1[C@@H]1CN(Cc2ccc(C3CCOC3)cc2)CCN1C1CC2(C1)CN(c1ccc(C(N)=O)cc1)C2. The van der Waals surface area contributed by atoms with Crippen LogP contribution in [0.4, 0.5) is 5.69 Å². The van der Waals surface area contributed by atoms with Crippen molar-refractivity contribution in [2.45, 2.75) is 63.6 Å². The molecule has 0 bridgehead atoms. The lowest BCUT2D eigenvalue weighted by Gasteiger charge is -2.63. The van der Waals surface area contributed by atoms with Crippen molar-refractivity contribution < 1.29 is 9.53 Å². The van der Waals surface area contributed by atoms with Crippen molar-refractivity contribution in [3.8, 4) is 0 Å². The first-order valence-electron chi connectivity index (χ1n) is 16.3. The molecule has 3 heterocycles. The zero-order chi connectivity index (χ0) is 29.6. The second-order valence-electron chi connectivity index (χ2n) is 13.9. The van der Waals surface area contributed by atoms with Gasteiger partial charge in [-0.05, 0) is 71.7 Å². The van der Waals surface area contributed by atoms with Crippen LogP contribution >= 0.6 is 0 Å². The van der Waals surface area contributed by atoms with Gasteiger partial charge in [0.2, 0.25) is 5.91 Å². The summed E-state index contributed by atoms with van der Waals surface area (Å²) in [6, 6.07) is 27.4. The van der Waals surface area contributed by atoms with E-state index < -0.39 is 0 Å². The van der Waals surface area contributed by atoms with E-state index in [4.69, 9.17) is 10.5 Å². The Labute approximate surface area is 256 Å². The van der Waals surface area contributed by atoms with Crippen LogP contribution in [-0.2, 0) is 11.3 Å². The third-order valence-corrected chi connectivity index (χ3v) is 10.6. The maximum atomic E-state index is 11.5. The number of benzene rings is 3. The summed E-state index contributed by atoms with van der Waals surface area (Å²) < 4.78 is 5.62. The highest BCUT2D eigenvalue weighted by molar-refractivity contribution is 5.93. The molecule has 226 valence electrons. The molecule has 1 aliphatic carbocycles. The Morgan fingerprint density at radius 2 is 1.72 bits per heavy atom. The molecule has 7 rings (SSSR count). The second kappa shape index (κ2) is 11.7. The first-order valence-corrected chi connectivity index (χ1v) is 16.3. The van der Waals surface area contributed by atoms with Gasteiger partial charge in [-0.3, -0.25) is 14.6 Å². The van der Waals surface area contributed by atoms with Crippen LogP contribution in [0.15, 0.2) is 72.8 Å². The van der Waals surface area contributed by atoms with Crippen LogP contribution in [0.5, 0.6) is 0 Å². The maximum absolute atomic E-state index is 11.5. The third-order valence-electron chi connectivity index (χ3n) is 10.6. The summed E-state index contributed by atoms with van der Waals surface area (Å²) in [5, 5.41) is 0. The van der Waals surface area contributed by atoms with Gasteiger partial charge in [0.05, 0.1) is 6.61 Å². The standard InChI is InChI=1S/C37H46N4O2/c1-26(2)33-5-3-4-6-34(33)35-22-39(21-27-7-9-28(10-8-27)30-15-18-43-23-30)16-17-41(35)32-19-37(20-32)24-40(25-37)31-13-11-29(12-14-31)36(38)42/h3-14,26,30,32,35H,15-25H2,1-2H3,(H2,38,42)/t30?,35-/m0/s1. The summed E-state index contributed by atoms with van der Waals surface area (Å²) >= 11 is 0. The topological polar surface area (TPSA) is 62.0 Å². The molecule has 1 spiro atoms. The number of carbonyl (C=O) groups is 1. The van der Waals surface area contributed by atoms with Gasteiger partial charge in [-0.25, -0.2) is 0 Å². The summed E-state index contributed by atoms with van der Waals surface area (Å²) in [4.78, 5) is 19.5. The van der Waals surface area contributed by atoms with E-state index in [1.165, 1.54) is 40.8 Å². The van der Waals surface area contributed by atoms with Crippen LogP contribution in [0.1, 0.15) is 83.6 Å². The molecule has 1 amide bonds. The highest BCUT2D eigenvalue weighted by atomic mass is 16.5. The summed E-state index contributed by atoms with van der Waals surface area (Å²) in [6.07, 6.45) is 3.69. The number of hydrogen-bond donors (Lipinski definition) is 1. The first-order chi connectivity index (χ1) is 20.9. The fourth-order valence-electron chi connectivity index (χ4n) is 8.22. The van der Waals surface area contributed by atoms with Crippen LogP contribution in [0, 0.1) is 5.41 Å². The molecule has 4 aliphatic rings. The van der Waals surface area contributed by atoms with E-state index in [-0.39, 0.29) is 5.91 Å². The number of ether oxygens (including phenoxy) is 1. The Morgan fingerprint density at radius 1 is 0.977 bits per heavy atom. The zero-order valence-corrected chi connectivity index (χ0v) is 25.8. The summed E-state index contributed by atoms with van der Waals surface area (Å²) in [5.74, 6) is 0.703. The van der Waals surface area contributed by atoms with E-state index in [9.17, 15) is 4.79 Å². The van der Waals surface area contributed by atoms with E-state index in [2.05, 4.69) is 77.1 Å². The number of anilines is 1. The van der Waals surface area contributed by atoms with Crippen molar-refractivity contribution >= 4 is 11.6 Å². The van der Waals surface area contributed by atoms with E-state index in [1.54, 1.807) is 0 Å². The minimum atomic E-state index is -0.366. The van der Waals surface area contributed by atoms with Gasteiger partial charge in [-0.2, -0.15) is 0 Å². The van der Waals surface area contributed by atoms with Gasteiger partial charge in [0.15, 0.2) is 0 Å². The number of carbonyl (C=O) groups excluding carboxylic acids is 1. The zero-order valence-electron chi connectivity index (χ0n) is 25.8. The fourth-order valence-corrected chi connectivity index (χ4v) is 8.22. The summed E-state index contributed by atoms with van der Waals surface area (Å²) in [6.45, 7) is 12.9. The highest BCUT2D eigenvalue weighted by Gasteiger charge is 2.55. The number of amides is 1. The lowest BCUT2D eigenvalue weighted by atomic mass is 9.59. The van der Waals surface area contributed by atoms with Crippen molar-refractivity contribution in [2.24, 2.45) is 11.1 Å². The molecule has 0 aromatic heterocycles. The molecule has 3 aliphatic heterocycles. The summed E-state index contributed by atoms with van der Waals surface area (Å²) in [5.41, 5.74) is 13.5. The van der Waals surface area contributed by atoms with E-state index in [1.807, 2.05) is 24.3 Å². The predicted molar refractivity (Wildman–Crippen MR) is 173 cm³/mol. The molecule has 6 heteroatoms. The van der Waals surface area contributed by atoms with Crippen LogP contribution in [0.3, 0.4) is 0 Å². The Kier molecular flexibility index (Phi) is 7.79. The van der Waals surface area contributed by atoms with Crippen LogP contribution in [0.2, 0.25) is 0 Å². The Morgan fingerprint density at radius 3 is 2.40 bits per heavy atom. The van der Waals surface area contributed by atoms with Crippen molar-refractivity contribution in [1.82, 2.24) is 9.80 Å². The molecular formula is C37H46N4O2. The van der Waals surface area contributed by atoms with Gasteiger partial charge in [0.25, 0.3) is 0 Å². The smallest absolute Gasteiger partial charge is 0.248 e. The highest BCUT2D eigenvalue weighted by Crippen LogP contribution is 2.53. The van der Waals surface area contributed by atoms with Crippen molar-refractivity contribution in [3.05, 3.63) is 101 Å². The number of nitrogens with two attached hydrogens (primary N) is 1. The summed E-state index contributed by atoms with van der Waals surface area (Å²) in [7, 11) is 0. The Bertz CT molecular complexity index is 1420. The van der Waals surface area contributed by atoms with Gasteiger partial charge in [0.1, 0.15) is 0 Å². The number of hydrogen-bond acceptors (Lipinski definition) is 5. The molecule has 2 atom stereocenters. The number of nitrogens with zero attached hydrogens (tertiary/aromatic N) is 3. The normalized spacial score (nSPS) is 24.3. The lowest BCUT2D eigenvalue weighted by Crippen LogP contribution is -2.68. The molecule has 1 saturated carbocycles.